The predicted octanol–water partition coefficient (Wildman–Crippen LogP) is 0.829. The molecule has 1 aromatic heterocycles. The molecule has 0 radical (unpaired) electrons. The Morgan fingerprint density at radius 2 is 1.97 bits per heavy atom. The fourth-order valence-electron chi connectivity index (χ4n) is 3.66. The van der Waals surface area contributed by atoms with Crippen molar-refractivity contribution in [2.24, 2.45) is 0 Å². The van der Waals surface area contributed by atoms with E-state index in [-0.39, 0.29) is 6.54 Å². The average molecular weight is 436 g/mol. The molecule has 4 atom stereocenters. The molecule has 0 unspecified atom stereocenters. The Hall–Kier alpha value is -2.17. The van der Waals surface area contributed by atoms with Crippen LogP contribution in [-0.2, 0) is 11.3 Å². The normalized spacial score (nSPS) is 25.0. The van der Waals surface area contributed by atoms with Gasteiger partial charge in [-0.15, -0.1) is 0 Å². The van der Waals surface area contributed by atoms with Gasteiger partial charge in [0.25, 0.3) is 0 Å². The topological polar surface area (TPSA) is 131 Å². The molecule has 1 aromatic carbocycles. The molecule has 2 aromatic rings. The van der Waals surface area contributed by atoms with E-state index >= 15 is 0 Å². The number of nitrogens with zero attached hydrogens (tertiary/aromatic N) is 2. The highest BCUT2D eigenvalue weighted by molar-refractivity contribution is 5.51. The molecule has 0 saturated carbocycles. The second-order valence-electron chi connectivity index (χ2n) is 7.82. The number of hydrogen-bond donors (Lipinski definition) is 5. The molecule has 9 heteroatoms. The zero-order chi connectivity index (χ0) is 22.1. The van der Waals surface area contributed by atoms with Crippen molar-refractivity contribution in [3.63, 3.8) is 0 Å². The summed E-state index contributed by atoms with van der Waals surface area (Å²) >= 11 is 0. The minimum Gasteiger partial charge on any atom is -0.494 e. The van der Waals surface area contributed by atoms with Crippen LogP contribution in [0.25, 0.3) is 0 Å². The molecule has 0 saturated heterocycles. The lowest BCUT2D eigenvalue weighted by molar-refractivity contribution is -0.141. The zero-order valence-corrected chi connectivity index (χ0v) is 17.6. The standard InChI is InChI=1S/C22H33N3O6/c26-15-19(28)22-21(29)18(27)13-25(14-20-23-8-9-24-20)16-6-5-7-17(12-16)30-10-3-1-2-4-11-31-22/h5-9,12,18-19,21-22,26-29H,1-4,10-11,13-15H2,(H,23,24)/t18-,19-,21-,22-/m1/s1. The van der Waals surface area contributed by atoms with Gasteiger partial charge in [0.1, 0.15) is 29.9 Å². The van der Waals surface area contributed by atoms with Crippen LogP contribution in [0.4, 0.5) is 5.69 Å². The second kappa shape index (κ2) is 12.0. The molecule has 0 fully saturated rings. The molecular formula is C22H33N3O6. The number of H-pyrrole nitrogens is 1. The van der Waals surface area contributed by atoms with Crippen LogP contribution in [-0.4, -0.2) is 81.2 Å². The maximum atomic E-state index is 10.8. The number of benzene rings is 1. The van der Waals surface area contributed by atoms with Crippen molar-refractivity contribution in [2.45, 2.75) is 56.6 Å². The third kappa shape index (κ3) is 6.91. The van der Waals surface area contributed by atoms with Crippen LogP contribution < -0.4 is 9.64 Å². The number of ether oxygens (including phenoxy) is 2. The van der Waals surface area contributed by atoms with E-state index < -0.39 is 31.0 Å². The maximum absolute atomic E-state index is 10.8. The van der Waals surface area contributed by atoms with Gasteiger partial charge in [-0.25, -0.2) is 4.98 Å². The van der Waals surface area contributed by atoms with Gasteiger partial charge in [0.15, 0.2) is 0 Å². The molecule has 5 N–H and O–H groups in total. The van der Waals surface area contributed by atoms with Crippen molar-refractivity contribution >= 4 is 5.69 Å². The number of hydrogen-bond acceptors (Lipinski definition) is 8. The van der Waals surface area contributed by atoms with Crippen LogP contribution >= 0.6 is 0 Å². The van der Waals surface area contributed by atoms with Gasteiger partial charge in [-0.1, -0.05) is 12.5 Å². The number of aliphatic hydroxyl groups is 4. The van der Waals surface area contributed by atoms with Gasteiger partial charge in [0.2, 0.25) is 0 Å². The van der Waals surface area contributed by atoms with E-state index in [9.17, 15) is 20.4 Å². The van der Waals surface area contributed by atoms with Gasteiger partial charge in [-0.05, 0) is 31.4 Å². The fourth-order valence-corrected chi connectivity index (χ4v) is 3.66. The molecule has 1 aliphatic heterocycles. The Morgan fingerprint density at radius 1 is 1.16 bits per heavy atom. The van der Waals surface area contributed by atoms with Gasteiger partial charge in [0.05, 0.1) is 25.9 Å². The van der Waals surface area contributed by atoms with Gasteiger partial charge >= 0.3 is 0 Å². The number of nitrogens with one attached hydrogen (secondary N) is 1. The molecule has 31 heavy (non-hydrogen) atoms. The molecule has 3 rings (SSSR count). The molecule has 0 amide bonds. The average Bonchev–Trinajstić information content (AvgIpc) is 3.29. The SMILES string of the molecule is OC[C@@H](O)[C@H]1OCCCCCCOc2cccc(c2)N(Cc2ncc[nH]2)C[C@@H](O)[C@H]1O. The van der Waals surface area contributed by atoms with Crippen molar-refractivity contribution < 1.29 is 29.9 Å². The Balaban J connectivity index is 1.85. The van der Waals surface area contributed by atoms with Crippen molar-refractivity contribution in [3.05, 3.63) is 42.5 Å². The first-order valence-corrected chi connectivity index (χ1v) is 10.8. The lowest BCUT2D eigenvalue weighted by atomic mass is 10.0. The summed E-state index contributed by atoms with van der Waals surface area (Å²) in [6.07, 6.45) is 1.91. The van der Waals surface area contributed by atoms with Crippen LogP contribution in [0.3, 0.4) is 0 Å². The van der Waals surface area contributed by atoms with E-state index in [1.165, 1.54) is 0 Å². The van der Waals surface area contributed by atoms with Crippen molar-refractivity contribution in [3.8, 4) is 5.75 Å². The third-order valence-electron chi connectivity index (χ3n) is 5.40. The molecule has 2 bridgehead atoms. The van der Waals surface area contributed by atoms with E-state index in [1.807, 2.05) is 29.2 Å². The van der Waals surface area contributed by atoms with E-state index in [2.05, 4.69) is 9.97 Å². The smallest absolute Gasteiger partial charge is 0.125 e. The minimum absolute atomic E-state index is 0.0589. The van der Waals surface area contributed by atoms with Crippen LogP contribution in [0.15, 0.2) is 36.7 Å². The number of fused-ring (bicyclic) bond motifs is 2. The summed E-state index contributed by atoms with van der Waals surface area (Å²) < 4.78 is 11.6. The highest BCUT2D eigenvalue weighted by Gasteiger charge is 2.33. The van der Waals surface area contributed by atoms with Crippen molar-refractivity contribution in [1.82, 2.24) is 9.97 Å². The van der Waals surface area contributed by atoms with Gasteiger partial charge in [-0.2, -0.15) is 0 Å². The Bertz CT molecular complexity index is 759. The van der Waals surface area contributed by atoms with Crippen LogP contribution in [0.2, 0.25) is 0 Å². The number of aliphatic hydroxyl groups excluding tert-OH is 4. The monoisotopic (exact) mass is 435 g/mol. The number of rotatable bonds is 4. The van der Waals surface area contributed by atoms with Gasteiger partial charge in [0, 0.05) is 37.3 Å². The second-order valence-corrected chi connectivity index (χ2v) is 7.82. The molecule has 172 valence electrons. The van der Waals surface area contributed by atoms with E-state index in [0.717, 1.165) is 37.1 Å². The first kappa shape index (κ1) is 23.5. The molecule has 0 spiro atoms. The quantitative estimate of drug-likeness (QED) is 0.477. The lowest BCUT2D eigenvalue weighted by Crippen LogP contribution is -2.51. The van der Waals surface area contributed by atoms with Crippen LogP contribution in [0.5, 0.6) is 5.75 Å². The largest absolute Gasteiger partial charge is 0.494 e. The Labute approximate surface area is 182 Å². The highest BCUT2D eigenvalue weighted by Crippen LogP contribution is 2.24. The predicted molar refractivity (Wildman–Crippen MR) is 115 cm³/mol. The molecule has 2 heterocycles. The molecule has 0 aliphatic carbocycles. The maximum Gasteiger partial charge on any atom is 0.125 e. The summed E-state index contributed by atoms with van der Waals surface area (Å²) in [4.78, 5) is 9.18. The first-order chi connectivity index (χ1) is 15.1. The lowest BCUT2D eigenvalue weighted by Gasteiger charge is -2.33. The summed E-state index contributed by atoms with van der Waals surface area (Å²) in [7, 11) is 0. The summed E-state index contributed by atoms with van der Waals surface area (Å²) in [5.41, 5.74) is 0.799. The summed E-state index contributed by atoms with van der Waals surface area (Å²) in [6.45, 7) is 0.790. The zero-order valence-electron chi connectivity index (χ0n) is 17.6. The van der Waals surface area contributed by atoms with E-state index in [0.29, 0.717) is 25.6 Å². The Morgan fingerprint density at radius 3 is 2.71 bits per heavy atom. The number of aromatic nitrogens is 2. The third-order valence-corrected chi connectivity index (χ3v) is 5.40. The fraction of sp³-hybridized carbons (Fsp3) is 0.591. The van der Waals surface area contributed by atoms with Gasteiger partial charge in [-0.3, -0.25) is 0 Å². The first-order valence-electron chi connectivity index (χ1n) is 10.8. The molecule has 1 aliphatic rings. The van der Waals surface area contributed by atoms with Crippen molar-refractivity contribution in [1.29, 1.82) is 0 Å². The molecule has 9 nitrogen and oxygen atoms in total. The summed E-state index contributed by atoms with van der Waals surface area (Å²) in [5, 5.41) is 41.1. The van der Waals surface area contributed by atoms with Crippen LogP contribution in [0.1, 0.15) is 31.5 Å². The van der Waals surface area contributed by atoms with Gasteiger partial charge < -0.3 is 39.8 Å². The van der Waals surface area contributed by atoms with E-state index in [1.54, 1.807) is 12.4 Å². The van der Waals surface area contributed by atoms with Crippen LogP contribution in [0, 0.1) is 0 Å². The number of imidazole rings is 1. The number of anilines is 1. The minimum atomic E-state index is -1.38. The Kier molecular flexibility index (Phi) is 9.11. The summed E-state index contributed by atoms with van der Waals surface area (Å²) in [5.74, 6) is 1.44. The number of β-amino-alcohol motifs (C(OH)–C–C–N with tert-alkyl or cyclic N) is 1. The summed E-state index contributed by atoms with van der Waals surface area (Å²) in [6, 6.07) is 7.57. The number of aromatic amines is 1. The van der Waals surface area contributed by atoms with Crippen molar-refractivity contribution in [2.75, 3.05) is 31.3 Å². The molecular weight excluding hydrogens is 402 g/mol. The highest BCUT2D eigenvalue weighted by atomic mass is 16.5. The van der Waals surface area contributed by atoms with E-state index in [4.69, 9.17) is 9.47 Å².